The van der Waals surface area contributed by atoms with Crippen LogP contribution < -0.4 is 5.32 Å². The maximum atomic E-state index is 12.7. The average Bonchev–Trinajstić information content (AvgIpc) is 2.66. The molecule has 3 heteroatoms. The molecular weight excluding hydrogens is 310 g/mol. The van der Waals surface area contributed by atoms with Crippen LogP contribution >= 0.6 is 0 Å². The van der Waals surface area contributed by atoms with Crippen molar-refractivity contribution >= 4 is 22.8 Å². The summed E-state index contributed by atoms with van der Waals surface area (Å²) >= 11 is 0. The minimum Gasteiger partial charge on any atom is -0.396 e. The summed E-state index contributed by atoms with van der Waals surface area (Å²) in [5, 5.41) is 14.4. The van der Waals surface area contributed by atoms with Gasteiger partial charge in [-0.2, -0.15) is 0 Å². The Balaban J connectivity index is 1.82. The second-order valence-corrected chi connectivity index (χ2v) is 5.89. The van der Waals surface area contributed by atoms with Crippen molar-refractivity contribution in [2.45, 2.75) is 12.3 Å². The molecule has 3 rings (SSSR count). The predicted molar refractivity (Wildman–Crippen MR) is 102 cm³/mol. The number of amides is 1. The standard InChI is InChI=1S/C22H21NO2/c24-16-14-21(20-12-6-10-18-9-4-5-11-19(18)20)22(25)23-15-13-17-7-2-1-3-8-17/h1-13,15,21,24H,14,16H2,(H,23,25). The molecule has 25 heavy (non-hydrogen) atoms. The van der Waals surface area contributed by atoms with Crippen molar-refractivity contribution in [1.29, 1.82) is 0 Å². The van der Waals surface area contributed by atoms with Crippen molar-refractivity contribution in [3.8, 4) is 0 Å². The fourth-order valence-corrected chi connectivity index (χ4v) is 3.00. The van der Waals surface area contributed by atoms with Gasteiger partial charge in [0.25, 0.3) is 0 Å². The zero-order chi connectivity index (χ0) is 17.5. The highest BCUT2D eigenvalue weighted by Gasteiger charge is 2.21. The Kier molecular flexibility index (Phi) is 5.60. The van der Waals surface area contributed by atoms with Crippen LogP contribution in [0.1, 0.15) is 23.5 Å². The van der Waals surface area contributed by atoms with E-state index in [2.05, 4.69) is 5.32 Å². The second-order valence-electron chi connectivity index (χ2n) is 5.89. The topological polar surface area (TPSA) is 49.3 Å². The minimum absolute atomic E-state index is 0.0380. The molecule has 3 aromatic rings. The lowest BCUT2D eigenvalue weighted by atomic mass is 9.90. The number of hydrogen-bond acceptors (Lipinski definition) is 2. The van der Waals surface area contributed by atoms with Crippen LogP contribution in [-0.4, -0.2) is 17.6 Å². The molecule has 0 saturated heterocycles. The summed E-state index contributed by atoms with van der Waals surface area (Å²) in [6, 6.07) is 23.7. The summed E-state index contributed by atoms with van der Waals surface area (Å²) in [7, 11) is 0. The highest BCUT2D eigenvalue weighted by Crippen LogP contribution is 2.28. The van der Waals surface area contributed by atoms with E-state index in [9.17, 15) is 9.90 Å². The Morgan fingerprint density at radius 1 is 0.960 bits per heavy atom. The zero-order valence-electron chi connectivity index (χ0n) is 13.9. The summed E-state index contributed by atoms with van der Waals surface area (Å²) in [4.78, 5) is 12.7. The Labute approximate surface area is 147 Å². The van der Waals surface area contributed by atoms with Gasteiger partial charge in [-0.3, -0.25) is 4.79 Å². The fourth-order valence-electron chi connectivity index (χ4n) is 3.00. The number of benzene rings is 3. The first-order valence-electron chi connectivity index (χ1n) is 8.40. The maximum Gasteiger partial charge on any atom is 0.231 e. The fraction of sp³-hybridized carbons (Fsp3) is 0.136. The van der Waals surface area contributed by atoms with Gasteiger partial charge in [0.2, 0.25) is 5.91 Å². The smallest absolute Gasteiger partial charge is 0.231 e. The summed E-state index contributed by atoms with van der Waals surface area (Å²) in [6.07, 6.45) is 3.91. The van der Waals surface area contributed by atoms with Crippen LogP contribution in [0.2, 0.25) is 0 Å². The minimum atomic E-state index is -0.392. The van der Waals surface area contributed by atoms with Gasteiger partial charge in [-0.1, -0.05) is 72.8 Å². The van der Waals surface area contributed by atoms with Crippen LogP contribution in [0.4, 0.5) is 0 Å². The van der Waals surface area contributed by atoms with Gasteiger partial charge < -0.3 is 10.4 Å². The molecule has 3 aromatic carbocycles. The third-order valence-electron chi connectivity index (χ3n) is 4.23. The number of aliphatic hydroxyl groups is 1. The number of aliphatic hydroxyl groups excluding tert-OH is 1. The normalized spacial score (nSPS) is 12.4. The first-order chi connectivity index (χ1) is 12.3. The summed E-state index contributed by atoms with van der Waals surface area (Å²) in [6.45, 7) is -0.0380. The van der Waals surface area contributed by atoms with Crippen LogP contribution in [0.5, 0.6) is 0 Å². The van der Waals surface area contributed by atoms with Crippen LogP contribution in [0.15, 0.2) is 79.0 Å². The van der Waals surface area contributed by atoms with Gasteiger partial charge >= 0.3 is 0 Å². The quantitative estimate of drug-likeness (QED) is 0.715. The first kappa shape index (κ1) is 16.9. The molecule has 1 amide bonds. The SMILES string of the molecule is O=C(NC=Cc1ccccc1)C(CCO)c1cccc2ccccc12. The zero-order valence-corrected chi connectivity index (χ0v) is 13.9. The highest BCUT2D eigenvalue weighted by atomic mass is 16.3. The predicted octanol–water partition coefficient (Wildman–Crippen LogP) is 4.09. The lowest BCUT2D eigenvalue weighted by molar-refractivity contribution is -0.121. The molecule has 1 unspecified atom stereocenters. The molecule has 0 fully saturated rings. The average molecular weight is 331 g/mol. The number of rotatable bonds is 6. The van der Waals surface area contributed by atoms with Crippen LogP contribution in [0.25, 0.3) is 16.8 Å². The van der Waals surface area contributed by atoms with E-state index in [1.807, 2.05) is 78.9 Å². The number of nitrogens with one attached hydrogen (secondary N) is 1. The Morgan fingerprint density at radius 2 is 1.68 bits per heavy atom. The third-order valence-corrected chi connectivity index (χ3v) is 4.23. The van der Waals surface area contributed by atoms with Gasteiger partial charge in [0.05, 0.1) is 5.92 Å². The van der Waals surface area contributed by atoms with Gasteiger partial charge in [-0.15, -0.1) is 0 Å². The lowest BCUT2D eigenvalue weighted by Crippen LogP contribution is -2.26. The first-order valence-corrected chi connectivity index (χ1v) is 8.40. The van der Waals surface area contributed by atoms with Crippen molar-refractivity contribution in [3.05, 3.63) is 90.1 Å². The van der Waals surface area contributed by atoms with Gasteiger partial charge in [-0.25, -0.2) is 0 Å². The summed E-state index contributed by atoms with van der Waals surface area (Å²) in [5.74, 6) is -0.505. The van der Waals surface area contributed by atoms with Crippen molar-refractivity contribution in [2.75, 3.05) is 6.61 Å². The van der Waals surface area contributed by atoms with Crippen molar-refractivity contribution in [3.63, 3.8) is 0 Å². The number of carbonyl (C=O) groups is 1. The molecule has 126 valence electrons. The van der Waals surface area contributed by atoms with E-state index >= 15 is 0 Å². The molecular formula is C22H21NO2. The van der Waals surface area contributed by atoms with Crippen molar-refractivity contribution in [2.24, 2.45) is 0 Å². The van der Waals surface area contributed by atoms with E-state index in [-0.39, 0.29) is 12.5 Å². The number of hydrogen-bond donors (Lipinski definition) is 2. The van der Waals surface area contributed by atoms with Gasteiger partial charge in [0, 0.05) is 12.8 Å². The molecule has 0 bridgehead atoms. The number of carbonyl (C=O) groups excluding carboxylic acids is 1. The summed E-state index contributed by atoms with van der Waals surface area (Å²) < 4.78 is 0. The van der Waals surface area contributed by atoms with E-state index in [0.29, 0.717) is 6.42 Å². The van der Waals surface area contributed by atoms with Gasteiger partial charge in [0.15, 0.2) is 0 Å². The Bertz CT molecular complexity index is 866. The molecule has 0 radical (unpaired) electrons. The molecule has 3 nitrogen and oxygen atoms in total. The highest BCUT2D eigenvalue weighted by molar-refractivity contribution is 5.93. The van der Waals surface area contributed by atoms with E-state index in [0.717, 1.165) is 21.9 Å². The molecule has 1 atom stereocenters. The molecule has 0 heterocycles. The Morgan fingerprint density at radius 3 is 2.48 bits per heavy atom. The van der Waals surface area contributed by atoms with E-state index in [1.54, 1.807) is 6.20 Å². The largest absolute Gasteiger partial charge is 0.396 e. The van der Waals surface area contributed by atoms with Crippen molar-refractivity contribution in [1.82, 2.24) is 5.32 Å². The lowest BCUT2D eigenvalue weighted by Gasteiger charge is -2.17. The van der Waals surface area contributed by atoms with Crippen LogP contribution in [0.3, 0.4) is 0 Å². The van der Waals surface area contributed by atoms with Crippen LogP contribution in [0, 0.1) is 0 Å². The molecule has 0 aliphatic carbocycles. The molecule has 0 spiro atoms. The molecule has 0 saturated carbocycles. The molecule has 0 aliphatic rings. The third kappa shape index (κ3) is 4.14. The van der Waals surface area contributed by atoms with Crippen molar-refractivity contribution < 1.29 is 9.90 Å². The van der Waals surface area contributed by atoms with E-state index < -0.39 is 5.92 Å². The summed E-state index contributed by atoms with van der Waals surface area (Å²) in [5.41, 5.74) is 1.96. The van der Waals surface area contributed by atoms with E-state index in [1.165, 1.54) is 0 Å². The molecule has 2 N–H and O–H groups in total. The monoisotopic (exact) mass is 331 g/mol. The number of fused-ring (bicyclic) bond motifs is 1. The van der Waals surface area contributed by atoms with Gasteiger partial charge in [-0.05, 0) is 34.4 Å². The van der Waals surface area contributed by atoms with E-state index in [4.69, 9.17) is 0 Å². The Hall–Kier alpha value is -2.91. The second kappa shape index (κ2) is 8.27. The molecule has 0 aromatic heterocycles. The maximum absolute atomic E-state index is 12.7. The van der Waals surface area contributed by atoms with Gasteiger partial charge in [0.1, 0.15) is 0 Å². The molecule has 0 aliphatic heterocycles. The van der Waals surface area contributed by atoms with Crippen LogP contribution in [-0.2, 0) is 4.79 Å².